The summed E-state index contributed by atoms with van der Waals surface area (Å²) >= 11 is 3.71. The number of aryl methyl sites for hydroxylation is 1. The van der Waals surface area contributed by atoms with Crippen LogP contribution >= 0.6 is 15.9 Å². The third-order valence-electron chi connectivity index (χ3n) is 4.50. The zero-order valence-electron chi connectivity index (χ0n) is 12.9. The van der Waals surface area contributed by atoms with E-state index in [1.165, 1.54) is 50.6 Å². The van der Waals surface area contributed by atoms with Gasteiger partial charge in [-0.15, -0.1) is 0 Å². The van der Waals surface area contributed by atoms with Crippen molar-refractivity contribution in [2.45, 2.75) is 70.9 Å². The molecule has 0 aromatic carbocycles. The second kappa shape index (κ2) is 8.18. The van der Waals surface area contributed by atoms with Crippen molar-refractivity contribution in [1.29, 1.82) is 0 Å². The van der Waals surface area contributed by atoms with E-state index in [-0.39, 0.29) is 0 Å². The minimum Gasteiger partial charge on any atom is -0.311 e. The highest BCUT2D eigenvalue weighted by atomic mass is 79.9. The summed E-state index contributed by atoms with van der Waals surface area (Å²) in [4.78, 5) is 0. The first-order chi connectivity index (χ1) is 9.77. The van der Waals surface area contributed by atoms with Crippen LogP contribution in [-0.4, -0.2) is 16.8 Å². The maximum absolute atomic E-state index is 4.54. The summed E-state index contributed by atoms with van der Waals surface area (Å²) in [5.74, 6) is 0.740. The minimum atomic E-state index is 0.427. The van der Waals surface area contributed by atoms with Gasteiger partial charge in [0.25, 0.3) is 0 Å². The summed E-state index contributed by atoms with van der Waals surface area (Å²) in [6.07, 6.45) is 12.8. The normalized spacial score (nSPS) is 19.6. The van der Waals surface area contributed by atoms with E-state index in [0.717, 1.165) is 23.4 Å². The largest absolute Gasteiger partial charge is 0.311 e. The molecule has 0 spiro atoms. The van der Waals surface area contributed by atoms with Crippen molar-refractivity contribution < 1.29 is 0 Å². The Hall–Kier alpha value is -0.350. The van der Waals surface area contributed by atoms with Crippen LogP contribution < -0.4 is 5.32 Å². The molecule has 1 aromatic heterocycles. The second-order valence-corrected chi connectivity index (χ2v) is 6.83. The Balaban J connectivity index is 2.19. The molecule has 1 aromatic rings. The molecule has 0 bridgehead atoms. The van der Waals surface area contributed by atoms with E-state index in [0.29, 0.717) is 6.04 Å². The molecule has 1 saturated carbocycles. The van der Waals surface area contributed by atoms with E-state index in [2.05, 4.69) is 45.0 Å². The first-order valence-corrected chi connectivity index (χ1v) is 8.95. The number of hydrogen-bond acceptors (Lipinski definition) is 2. The van der Waals surface area contributed by atoms with Gasteiger partial charge in [0.05, 0.1) is 22.4 Å². The molecule has 114 valence electrons. The van der Waals surface area contributed by atoms with Crippen LogP contribution in [-0.2, 0) is 6.54 Å². The first kappa shape index (κ1) is 16.0. The summed E-state index contributed by atoms with van der Waals surface area (Å²) in [7, 11) is 2.10. The molecule has 3 nitrogen and oxygen atoms in total. The fraction of sp³-hybridized carbons (Fsp3) is 0.812. The lowest BCUT2D eigenvalue weighted by Crippen LogP contribution is -2.29. The molecular formula is C16H28BrN3. The highest BCUT2D eigenvalue weighted by molar-refractivity contribution is 9.10. The molecule has 2 rings (SSSR count). The Kier molecular flexibility index (Phi) is 6.56. The van der Waals surface area contributed by atoms with Gasteiger partial charge in [-0.2, -0.15) is 5.10 Å². The van der Waals surface area contributed by atoms with Gasteiger partial charge in [-0.1, -0.05) is 39.0 Å². The van der Waals surface area contributed by atoms with Crippen LogP contribution in [0.4, 0.5) is 0 Å². The minimum absolute atomic E-state index is 0.427. The maximum atomic E-state index is 4.54. The molecule has 1 aliphatic rings. The second-order valence-electron chi connectivity index (χ2n) is 5.97. The third kappa shape index (κ3) is 3.85. The summed E-state index contributed by atoms with van der Waals surface area (Å²) < 4.78 is 3.34. The number of nitrogens with one attached hydrogen (secondary N) is 1. The van der Waals surface area contributed by atoms with Gasteiger partial charge in [-0.25, -0.2) is 0 Å². The Morgan fingerprint density at radius 3 is 2.55 bits per heavy atom. The van der Waals surface area contributed by atoms with Gasteiger partial charge < -0.3 is 5.32 Å². The summed E-state index contributed by atoms with van der Waals surface area (Å²) in [5.41, 5.74) is 1.35. The number of halogens is 1. The zero-order valence-corrected chi connectivity index (χ0v) is 14.5. The zero-order chi connectivity index (χ0) is 14.4. The van der Waals surface area contributed by atoms with E-state index < -0.39 is 0 Å². The van der Waals surface area contributed by atoms with Crippen LogP contribution in [0, 0.1) is 5.92 Å². The predicted octanol–water partition coefficient (Wildman–Crippen LogP) is 4.68. The highest BCUT2D eigenvalue weighted by Crippen LogP contribution is 2.35. The summed E-state index contributed by atoms with van der Waals surface area (Å²) in [5, 5.41) is 8.11. The fourth-order valence-electron chi connectivity index (χ4n) is 3.49. The summed E-state index contributed by atoms with van der Waals surface area (Å²) in [6.45, 7) is 3.22. The van der Waals surface area contributed by atoms with Gasteiger partial charge >= 0.3 is 0 Å². The molecule has 1 aliphatic carbocycles. The molecular weight excluding hydrogens is 314 g/mol. The monoisotopic (exact) mass is 341 g/mol. The molecule has 1 fully saturated rings. The standard InChI is InChI=1S/C16H28BrN3/c1-3-11-20-16(14(17)12-19-20)15(18-2)13-9-7-5-4-6-8-10-13/h12-13,15,18H,3-11H2,1-2H3. The van der Waals surface area contributed by atoms with Crippen molar-refractivity contribution in [3.63, 3.8) is 0 Å². The van der Waals surface area contributed by atoms with Gasteiger partial charge in [-0.05, 0) is 48.2 Å². The molecule has 1 heterocycles. The van der Waals surface area contributed by atoms with Gasteiger partial charge in [0.2, 0.25) is 0 Å². The lowest BCUT2D eigenvalue weighted by Gasteiger charge is -2.29. The van der Waals surface area contributed by atoms with Crippen molar-refractivity contribution in [2.75, 3.05) is 7.05 Å². The van der Waals surface area contributed by atoms with Crippen LogP contribution in [0.15, 0.2) is 10.7 Å². The van der Waals surface area contributed by atoms with Crippen molar-refractivity contribution >= 4 is 15.9 Å². The quantitative estimate of drug-likeness (QED) is 0.842. The van der Waals surface area contributed by atoms with Crippen molar-refractivity contribution in [2.24, 2.45) is 5.92 Å². The van der Waals surface area contributed by atoms with Crippen LogP contribution in [0.3, 0.4) is 0 Å². The number of hydrogen-bond donors (Lipinski definition) is 1. The SMILES string of the molecule is CCCn1ncc(Br)c1C(NC)C1CCCCCCC1. The molecule has 0 aliphatic heterocycles. The fourth-order valence-corrected chi connectivity index (χ4v) is 4.03. The lowest BCUT2D eigenvalue weighted by atomic mass is 9.84. The van der Waals surface area contributed by atoms with Crippen molar-refractivity contribution in [1.82, 2.24) is 15.1 Å². The van der Waals surface area contributed by atoms with E-state index in [9.17, 15) is 0 Å². The molecule has 1 atom stereocenters. The van der Waals surface area contributed by atoms with Gasteiger partial charge in [-0.3, -0.25) is 4.68 Å². The molecule has 0 radical (unpaired) electrons. The number of aromatic nitrogens is 2. The Morgan fingerprint density at radius 2 is 1.95 bits per heavy atom. The van der Waals surface area contributed by atoms with E-state index >= 15 is 0 Å². The smallest absolute Gasteiger partial charge is 0.0698 e. The summed E-state index contributed by atoms with van der Waals surface area (Å²) in [6, 6.07) is 0.427. The Labute approximate surface area is 131 Å². The average Bonchev–Trinajstić information content (AvgIpc) is 2.75. The number of rotatable bonds is 5. The number of nitrogens with zero attached hydrogens (tertiary/aromatic N) is 2. The topological polar surface area (TPSA) is 29.9 Å². The molecule has 0 saturated heterocycles. The molecule has 0 amide bonds. The van der Waals surface area contributed by atoms with Crippen LogP contribution in [0.5, 0.6) is 0 Å². The predicted molar refractivity (Wildman–Crippen MR) is 87.8 cm³/mol. The van der Waals surface area contributed by atoms with Crippen LogP contribution in [0.2, 0.25) is 0 Å². The highest BCUT2D eigenvalue weighted by Gasteiger charge is 2.27. The van der Waals surface area contributed by atoms with E-state index in [1.54, 1.807) is 0 Å². The lowest BCUT2D eigenvalue weighted by molar-refractivity contribution is 0.286. The van der Waals surface area contributed by atoms with Gasteiger partial charge in [0.1, 0.15) is 0 Å². The van der Waals surface area contributed by atoms with E-state index in [4.69, 9.17) is 0 Å². The molecule has 20 heavy (non-hydrogen) atoms. The van der Waals surface area contributed by atoms with E-state index in [1.807, 2.05) is 6.20 Å². The van der Waals surface area contributed by atoms with Crippen LogP contribution in [0.1, 0.15) is 70.0 Å². The maximum Gasteiger partial charge on any atom is 0.0698 e. The Morgan fingerprint density at radius 1 is 1.30 bits per heavy atom. The van der Waals surface area contributed by atoms with Gasteiger partial charge in [0, 0.05) is 6.54 Å². The third-order valence-corrected chi connectivity index (χ3v) is 5.11. The molecule has 1 N–H and O–H groups in total. The van der Waals surface area contributed by atoms with Crippen molar-refractivity contribution in [3.8, 4) is 0 Å². The molecule has 1 unspecified atom stereocenters. The van der Waals surface area contributed by atoms with Crippen LogP contribution in [0.25, 0.3) is 0 Å². The Bertz CT molecular complexity index is 394. The molecule has 4 heteroatoms. The average molecular weight is 342 g/mol. The first-order valence-electron chi connectivity index (χ1n) is 8.16. The van der Waals surface area contributed by atoms with Gasteiger partial charge in [0.15, 0.2) is 0 Å². The van der Waals surface area contributed by atoms with Crippen molar-refractivity contribution in [3.05, 3.63) is 16.4 Å².